The number of ketones is 2. The highest BCUT2D eigenvalue weighted by Gasteiger charge is 2.68. The molecule has 3 saturated carbocycles. The SMILES string of the molecule is CC(=O)OCC(=O)[C@]1(O)CC[C@H]2[C@@H]3CCC4=CC(=O)C=C[C@]4(C)[C@H]3[C@@H](O)C[C@@]21C. The molecular formula is C23H30O6. The summed E-state index contributed by atoms with van der Waals surface area (Å²) in [6, 6.07) is 0. The van der Waals surface area contributed by atoms with Gasteiger partial charge in [0.15, 0.2) is 12.4 Å². The number of ether oxygens (including phenoxy) is 1. The van der Waals surface area contributed by atoms with Gasteiger partial charge >= 0.3 is 5.97 Å². The average molecular weight is 402 g/mol. The van der Waals surface area contributed by atoms with Gasteiger partial charge in [-0.25, -0.2) is 0 Å². The van der Waals surface area contributed by atoms with Gasteiger partial charge in [0.25, 0.3) is 0 Å². The van der Waals surface area contributed by atoms with E-state index in [1.165, 1.54) is 6.92 Å². The van der Waals surface area contributed by atoms with Crippen LogP contribution in [0.1, 0.15) is 52.9 Å². The number of allylic oxidation sites excluding steroid dienone is 4. The maximum Gasteiger partial charge on any atom is 0.303 e. The molecule has 0 aromatic rings. The monoisotopic (exact) mass is 402 g/mol. The standard InChI is InChI=1S/C23H30O6/c1-13(24)29-12-19(27)23(28)9-7-17-16-5-4-14-10-15(25)6-8-21(14,2)20(16)18(26)11-22(17,23)3/h6,8,10,16-18,20,26,28H,4-5,7,9,11-12H2,1-3H3/t16-,17-,18-,20+,21-,22-,23+/m0/s1. The van der Waals surface area contributed by atoms with Crippen LogP contribution in [0.4, 0.5) is 0 Å². The summed E-state index contributed by atoms with van der Waals surface area (Å²) in [4.78, 5) is 35.9. The van der Waals surface area contributed by atoms with Crippen molar-refractivity contribution in [3.63, 3.8) is 0 Å². The average Bonchev–Trinajstić information content (AvgIpc) is 2.91. The van der Waals surface area contributed by atoms with Crippen molar-refractivity contribution in [3.05, 3.63) is 23.8 Å². The minimum absolute atomic E-state index is 0.00243. The van der Waals surface area contributed by atoms with Crippen molar-refractivity contribution in [1.82, 2.24) is 0 Å². The summed E-state index contributed by atoms with van der Waals surface area (Å²) >= 11 is 0. The molecule has 4 aliphatic carbocycles. The number of hydrogen-bond donors (Lipinski definition) is 2. The summed E-state index contributed by atoms with van der Waals surface area (Å²) in [5.74, 6) is -0.836. The molecule has 4 rings (SSSR count). The molecule has 6 nitrogen and oxygen atoms in total. The second kappa shape index (κ2) is 6.61. The molecule has 4 aliphatic rings. The Morgan fingerprint density at radius 2 is 2.00 bits per heavy atom. The lowest BCUT2D eigenvalue weighted by molar-refractivity contribution is -0.181. The number of esters is 1. The maximum atomic E-state index is 12.9. The van der Waals surface area contributed by atoms with Crippen molar-refractivity contribution < 1.29 is 29.3 Å². The van der Waals surface area contributed by atoms with Crippen LogP contribution >= 0.6 is 0 Å². The Labute approximate surface area is 171 Å². The van der Waals surface area contributed by atoms with Crippen LogP contribution in [0.15, 0.2) is 23.8 Å². The normalized spacial score (nSPS) is 45.7. The number of aliphatic hydroxyl groups is 2. The predicted molar refractivity (Wildman–Crippen MR) is 105 cm³/mol. The van der Waals surface area contributed by atoms with Gasteiger partial charge in [-0.05, 0) is 56.1 Å². The highest BCUT2D eigenvalue weighted by molar-refractivity contribution is 6.01. The Hall–Kier alpha value is -1.79. The lowest BCUT2D eigenvalue weighted by Gasteiger charge is -2.59. The zero-order valence-electron chi connectivity index (χ0n) is 17.3. The molecule has 3 fully saturated rings. The first kappa shape index (κ1) is 20.5. The minimum Gasteiger partial charge on any atom is -0.458 e. The fraction of sp³-hybridized carbons (Fsp3) is 0.696. The van der Waals surface area contributed by atoms with E-state index in [4.69, 9.17) is 4.74 Å². The first-order valence-electron chi connectivity index (χ1n) is 10.5. The quantitative estimate of drug-likeness (QED) is 0.702. The first-order valence-corrected chi connectivity index (χ1v) is 10.5. The third-order valence-corrected chi connectivity index (χ3v) is 8.52. The number of aliphatic hydroxyl groups excluding tert-OH is 1. The van der Waals surface area contributed by atoms with E-state index in [0.717, 1.165) is 18.4 Å². The second-order valence-corrected chi connectivity index (χ2v) is 9.81. The van der Waals surface area contributed by atoms with Crippen molar-refractivity contribution in [3.8, 4) is 0 Å². The van der Waals surface area contributed by atoms with Crippen molar-refractivity contribution in [1.29, 1.82) is 0 Å². The molecule has 0 spiro atoms. The van der Waals surface area contributed by atoms with Gasteiger partial charge in [-0.15, -0.1) is 0 Å². The van der Waals surface area contributed by atoms with E-state index >= 15 is 0 Å². The molecule has 158 valence electrons. The number of carbonyl (C=O) groups excluding carboxylic acids is 3. The predicted octanol–water partition coefficient (Wildman–Crippen LogP) is 2.13. The number of Topliss-reactive ketones (excluding diaryl/α,β-unsaturated/α-hetero) is 1. The van der Waals surface area contributed by atoms with Crippen LogP contribution in [-0.4, -0.2) is 46.1 Å². The fourth-order valence-corrected chi connectivity index (χ4v) is 7.08. The van der Waals surface area contributed by atoms with E-state index in [0.29, 0.717) is 19.3 Å². The van der Waals surface area contributed by atoms with Crippen LogP contribution in [0.5, 0.6) is 0 Å². The Kier molecular flexibility index (Phi) is 4.67. The van der Waals surface area contributed by atoms with Gasteiger partial charge in [-0.1, -0.05) is 25.5 Å². The molecule has 6 heteroatoms. The van der Waals surface area contributed by atoms with E-state index in [-0.39, 0.29) is 29.0 Å². The lowest BCUT2D eigenvalue weighted by atomic mass is 9.46. The van der Waals surface area contributed by atoms with Gasteiger partial charge in [0.1, 0.15) is 5.60 Å². The smallest absolute Gasteiger partial charge is 0.303 e. The van der Waals surface area contributed by atoms with Crippen LogP contribution in [0.2, 0.25) is 0 Å². The van der Waals surface area contributed by atoms with Crippen LogP contribution in [0, 0.1) is 28.6 Å². The third kappa shape index (κ3) is 2.79. The topological polar surface area (TPSA) is 101 Å². The largest absolute Gasteiger partial charge is 0.458 e. The van der Waals surface area contributed by atoms with Crippen LogP contribution in [0.3, 0.4) is 0 Å². The Morgan fingerprint density at radius 3 is 2.69 bits per heavy atom. The minimum atomic E-state index is -1.60. The molecule has 0 aromatic heterocycles. The van der Waals surface area contributed by atoms with Crippen molar-refractivity contribution in [2.75, 3.05) is 6.61 Å². The molecule has 0 bridgehead atoms. The molecular weight excluding hydrogens is 372 g/mol. The van der Waals surface area contributed by atoms with Gasteiger partial charge in [-0.3, -0.25) is 14.4 Å². The fourth-order valence-electron chi connectivity index (χ4n) is 7.08. The summed E-state index contributed by atoms with van der Waals surface area (Å²) < 4.78 is 4.88. The van der Waals surface area contributed by atoms with Gasteiger partial charge in [0, 0.05) is 23.7 Å². The van der Waals surface area contributed by atoms with Crippen LogP contribution in [0.25, 0.3) is 0 Å². The second-order valence-electron chi connectivity index (χ2n) is 9.81. The molecule has 0 aliphatic heterocycles. The van der Waals surface area contributed by atoms with E-state index in [1.54, 1.807) is 12.2 Å². The summed E-state index contributed by atoms with van der Waals surface area (Å²) in [6.07, 6.45) is 7.50. The summed E-state index contributed by atoms with van der Waals surface area (Å²) in [7, 11) is 0. The van der Waals surface area contributed by atoms with Crippen molar-refractivity contribution in [2.45, 2.75) is 64.6 Å². The molecule has 2 N–H and O–H groups in total. The number of carbonyl (C=O) groups is 3. The number of fused-ring (bicyclic) bond motifs is 5. The molecule has 29 heavy (non-hydrogen) atoms. The first-order chi connectivity index (χ1) is 13.5. The zero-order chi connectivity index (χ0) is 21.2. The van der Waals surface area contributed by atoms with E-state index < -0.39 is 35.5 Å². The van der Waals surface area contributed by atoms with Crippen LogP contribution < -0.4 is 0 Å². The summed E-state index contributed by atoms with van der Waals surface area (Å²) in [5, 5.41) is 22.7. The summed E-state index contributed by atoms with van der Waals surface area (Å²) in [6.45, 7) is 4.80. The van der Waals surface area contributed by atoms with Gasteiger partial charge in [0.05, 0.1) is 6.10 Å². The van der Waals surface area contributed by atoms with Gasteiger partial charge in [0.2, 0.25) is 5.78 Å². The van der Waals surface area contributed by atoms with Crippen LogP contribution in [-0.2, 0) is 19.1 Å². The molecule has 0 unspecified atom stereocenters. The Morgan fingerprint density at radius 1 is 1.28 bits per heavy atom. The van der Waals surface area contributed by atoms with E-state index in [9.17, 15) is 24.6 Å². The maximum absolute atomic E-state index is 12.9. The molecule has 7 atom stereocenters. The summed E-state index contributed by atoms with van der Waals surface area (Å²) in [5.41, 5.74) is -1.67. The highest BCUT2D eigenvalue weighted by Crippen LogP contribution is 2.67. The molecule has 0 heterocycles. The Bertz CT molecular complexity index is 827. The molecule has 0 saturated heterocycles. The van der Waals surface area contributed by atoms with Gasteiger partial charge in [-0.2, -0.15) is 0 Å². The molecule has 0 aromatic carbocycles. The third-order valence-electron chi connectivity index (χ3n) is 8.52. The number of hydrogen-bond acceptors (Lipinski definition) is 6. The van der Waals surface area contributed by atoms with Gasteiger partial charge < -0.3 is 14.9 Å². The van der Waals surface area contributed by atoms with Crippen molar-refractivity contribution >= 4 is 17.5 Å². The van der Waals surface area contributed by atoms with Crippen molar-refractivity contribution in [2.24, 2.45) is 28.6 Å². The molecule has 0 radical (unpaired) electrons. The van der Waals surface area contributed by atoms with E-state index in [1.807, 2.05) is 13.0 Å². The number of rotatable bonds is 3. The zero-order valence-corrected chi connectivity index (χ0v) is 17.3. The Balaban J connectivity index is 1.66. The highest BCUT2D eigenvalue weighted by atomic mass is 16.5. The van der Waals surface area contributed by atoms with E-state index in [2.05, 4.69) is 6.92 Å². The molecule has 0 amide bonds. The lowest BCUT2D eigenvalue weighted by Crippen LogP contribution is -2.61.